The molecule has 0 saturated heterocycles. The largest absolute Gasteiger partial charge is 0.332 e. The number of hydrogen-bond donors (Lipinski definition) is 0. The van der Waals surface area contributed by atoms with Gasteiger partial charge in [-0.1, -0.05) is 6.92 Å². The van der Waals surface area contributed by atoms with Crippen molar-refractivity contribution in [2.45, 2.75) is 32.6 Å². The van der Waals surface area contributed by atoms with E-state index in [-0.39, 0.29) is 5.38 Å². The molecule has 0 aliphatic heterocycles. The van der Waals surface area contributed by atoms with Gasteiger partial charge in [0.1, 0.15) is 0 Å². The topological polar surface area (TPSA) is 35.5 Å². The van der Waals surface area contributed by atoms with Crippen molar-refractivity contribution in [3.8, 4) is 0 Å². The van der Waals surface area contributed by atoms with Gasteiger partial charge in [0.25, 0.3) is 0 Å². The molecule has 13 heavy (non-hydrogen) atoms. The summed E-state index contributed by atoms with van der Waals surface area (Å²) in [4.78, 5) is 0. The molecule has 0 rings (SSSR count). The first-order chi connectivity index (χ1) is 6.08. The summed E-state index contributed by atoms with van der Waals surface area (Å²) in [6.45, 7) is 6.32. The molecule has 0 heterocycles. The highest BCUT2D eigenvalue weighted by Crippen LogP contribution is 2.49. The monoisotopic (exact) mass is 228 g/mol. The molecule has 0 aliphatic carbocycles. The van der Waals surface area contributed by atoms with E-state index in [1.807, 2.05) is 6.92 Å². The standard InChI is InChI=1S/C8H18ClO3P/c1-4-8(9)7-13(10,11-5-2)12-6-3/h8H,4-7H2,1-3H3. The lowest BCUT2D eigenvalue weighted by atomic mass is 10.4. The van der Waals surface area contributed by atoms with Gasteiger partial charge >= 0.3 is 7.60 Å². The second-order valence-electron chi connectivity index (χ2n) is 2.63. The first-order valence-electron chi connectivity index (χ1n) is 4.60. The summed E-state index contributed by atoms with van der Waals surface area (Å²) < 4.78 is 22.0. The molecule has 3 nitrogen and oxygen atoms in total. The van der Waals surface area contributed by atoms with Crippen molar-refractivity contribution in [3.63, 3.8) is 0 Å². The van der Waals surface area contributed by atoms with Crippen LogP contribution in [0.15, 0.2) is 0 Å². The van der Waals surface area contributed by atoms with Gasteiger partial charge in [0.15, 0.2) is 0 Å². The minimum Gasteiger partial charge on any atom is -0.309 e. The Morgan fingerprint density at radius 2 is 1.69 bits per heavy atom. The van der Waals surface area contributed by atoms with Crippen molar-refractivity contribution in [1.82, 2.24) is 0 Å². The fraction of sp³-hybridized carbons (Fsp3) is 1.00. The van der Waals surface area contributed by atoms with E-state index in [0.29, 0.717) is 19.4 Å². The van der Waals surface area contributed by atoms with Crippen LogP contribution in [0.25, 0.3) is 0 Å². The van der Waals surface area contributed by atoms with Crippen molar-refractivity contribution < 1.29 is 13.6 Å². The molecular formula is C8H18ClO3P. The van der Waals surface area contributed by atoms with Gasteiger partial charge < -0.3 is 9.05 Å². The van der Waals surface area contributed by atoms with E-state index in [9.17, 15) is 4.57 Å². The van der Waals surface area contributed by atoms with Gasteiger partial charge in [-0.05, 0) is 20.3 Å². The Morgan fingerprint density at radius 3 is 2.00 bits per heavy atom. The Balaban J connectivity index is 4.14. The molecule has 0 fully saturated rings. The number of alkyl halides is 1. The Hall–Kier alpha value is 0.440. The van der Waals surface area contributed by atoms with Gasteiger partial charge in [-0.25, -0.2) is 0 Å². The average Bonchev–Trinajstić information content (AvgIpc) is 2.04. The third-order valence-electron chi connectivity index (χ3n) is 1.52. The molecule has 1 unspecified atom stereocenters. The first kappa shape index (κ1) is 13.4. The molecule has 0 amide bonds. The van der Waals surface area contributed by atoms with Crippen LogP contribution in [0.1, 0.15) is 27.2 Å². The summed E-state index contributed by atoms with van der Waals surface area (Å²) in [5.41, 5.74) is 0. The smallest absolute Gasteiger partial charge is 0.309 e. The summed E-state index contributed by atoms with van der Waals surface area (Å²) in [6.07, 6.45) is 1.07. The van der Waals surface area contributed by atoms with Crippen LogP contribution in [-0.4, -0.2) is 24.8 Å². The van der Waals surface area contributed by atoms with Crippen molar-refractivity contribution in [2.75, 3.05) is 19.4 Å². The Morgan fingerprint density at radius 1 is 1.23 bits per heavy atom. The second kappa shape index (κ2) is 6.83. The molecule has 0 bridgehead atoms. The highest BCUT2D eigenvalue weighted by molar-refractivity contribution is 7.54. The van der Waals surface area contributed by atoms with Crippen molar-refractivity contribution in [1.29, 1.82) is 0 Å². The molecule has 0 aromatic carbocycles. The van der Waals surface area contributed by atoms with Crippen molar-refractivity contribution in [2.24, 2.45) is 0 Å². The maximum absolute atomic E-state index is 11.9. The van der Waals surface area contributed by atoms with Gasteiger partial charge in [-0.2, -0.15) is 0 Å². The number of halogens is 1. The number of hydrogen-bond acceptors (Lipinski definition) is 3. The Labute approximate surface area is 85.3 Å². The SMILES string of the molecule is CCOP(=O)(CC(Cl)CC)OCC. The van der Waals surface area contributed by atoms with Crippen LogP contribution in [0.4, 0.5) is 0 Å². The lowest BCUT2D eigenvalue weighted by molar-refractivity contribution is 0.220. The third kappa shape index (κ3) is 5.69. The van der Waals surface area contributed by atoms with Crippen LogP contribution in [0.2, 0.25) is 0 Å². The van der Waals surface area contributed by atoms with Gasteiger partial charge in [0.2, 0.25) is 0 Å². The lowest BCUT2D eigenvalue weighted by Gasteiger charge is -2.18. The van der Waals surface area contributed by atoms with E-state index in [1.165, 1.54) is 0 Å². The van der Waals surface area contributed by atoms with Gasteiger partial charge in [-0.3, -0.25) is 4.57 Å². The predicted octanol–water partition coefficient (Wildman–Crippen LogP) is 3.27. The maximum atomic E-state index is 11.9. The molecule has 0 aliphatic rings. The fourth-order valence-electron chi connectivity index (χ4n) is 0.908. The van der Waals surface area contributed by atoms with Crippen LogP contribution < -0.4 is 0 Å². The zero-order valence-electron chi connectivity index (χ0n) is 8.46. The summed E-state index contributed by atoms with van der Waals surface area (Å²) in [5, 5.41) is -0.135. The van der Waals surface area contributed by atoms with E-state index in [1.54, 1.807) is 13.8 Å². The van der Waals surface area contributed by atoms with Crippen LogP contribution >= 0.6 is 19.2 Å². The van der Waals surface area contributed by atoms with Gasteiger partial charge in [0.05, 0.1) is 19.4 Å². The highest BCUT2D eigenvalue weighted by Gasteiger charge is 2.26. The minimum absolute atomic E-state index is 0.135. The Bertz CT molecular complexity index is 165. The first-order valence-corrected chi connectivity index (χ1v) is 6.76. The summed E-state index contributed by atoms with van der Waals surface area (Å²) >= 11 is 5.89. The maximum Gasteiger partial charge on any atom is 0.332 e. The quantitative estimate of drug-likeness (QED) is 0.496. The summed E-state index contributed by atoms with van der Waals surface area (Å²) in [5.74, 6) is 0. The Kier molecular flexibility index (Phi) is 7.06. The third-order valence-corrected chi connectivity index (χ3v) is 4.39. The molecule has 0 radical (unpaired) electrons. The highest BCUT2D eigenvalue weighted by atomic mass is 35.5. The van der Waals surface area contributed by atoms with Crippen LogP contribution in [0.5, 0.6) is 0 Å². The zero-order valence-corrected chi connectivity index (χ0v) is 10.1. The molecule has 0 saturated carbocycles. The average molecular weight is 229 g/mol. The molecule has 0 aromatic rings. The van der Waals surface area contributed by atoms with Gasteiger partial charge in [0, 0.05) is 5.38 Å². The van der Waals surface area contributed by atoms with Crippen LogP contribution in [0, 0.1) is 0 Å². The summed E-state index contributed by atoms with van der Waals surface area (Å²) in [6, 6.07) is 0. The van der Waals surface area contributed by atoms with Crippen LogP contribution in [0.3, 0.4) is 0 Å². The second-order valence-corrected chi connectivity index (χ2v) is 5.36. The van der Waals surface area contributed by atoms with Crippen LogP contribution in [-0.2, 0) is 13.6 Å². The summed E-state index contributed by atoms with van der Waals surface area (Å²) in [7, 11) is -2.92. The fourth-order valence-corrected chi connectivity index (χ4v) is 3.23. The lowest BCUT2D eigenvalue weighted by Crippen LogP contribution is -2.09. The molecule has 5 heteroatoms. The molecule has 0 spiro atoms. The molecule has 1 atom stereocenters. The molecular weight excluding hydrogens is 211 g/mol. The predicted molar refractivity (Wildman–Crippen MR) is 55.7 cm³/mol. The van der Waals surface area contributed by atoms with Gasteiger partial charge in [-0.15, -0.1) is 11.6 Å². The van der Waals surface area contributed by atoms with Crippen molar-refractivity contribution >= 4 is 19.2 Å². The molecule has 80 valence electrons. The van der Waals surface area contributed by atoms with E-state index >= 15 is 0 Å². The van der Waals surface area contributed by atoms with E-state index in [0.717, 1.165) is 6.42 Å². The van der Waals surface area contributed by atoms with E-state index < -0.39 is 7.60 Å². The van der Waals surface area contributed by atoms with E-state index in [4.69, 9.17) is 20.6 Å². The molecule has 0 N–H and O–H groups in total. The number of rotatable bonds is 7. The van der Waals surface area contributed by atoms with Crippen molar-refractivity contribution in [3.05, 3.63) is 0 Å². The normalized spacial score (nSPS) is 14.5. The minimum atomic E-state index is -2.92. The zero-order chi connectivity index (χ0) is 10.3. The van der Waals surface area contributed by atoms with E-state index in [2.05, 4.69) is 0 Å². The molecule has 0 aromatic heterocycles.